The first-order valence-electron chi connectivity index (χ1n) is 7.68. The zero-order chi connectivity index (χ0) is 16.3. The van der Waals surface area contributed by atoms with Crippen molar-refractivity contribution in [3.05, 3.63) is 23.8 Å². The molecule has 1 aromatic rings. The monoisotopic (exact) mass is 307 g/mol. The number of carbonyl (C=O) groups is 1. The Balaban J connectivity index is 2.07. The summed E-state index contributed by atoms with van der Waals surface area (Å²) in [5.41, 5.74) is 0.317. The summed E-state index contributed by atoms with van der Waals surface area (Å²) in [4.78, 5) is 22.7. The third kappa shape index (κ3) is 4.40. The van der Waals surface area contributed by atoms with E-state index in [1.807, 2.05) is 40.7 Å². The highest BCUT2D eigenvalue weighted by Gasteiger charge is 2.29. The fourth-order valence-electron chi connectivity index (χ4n) is 2.17. The number of amides is 1. The molecule has 122 valence electrons. The maximum atomic E-state index is 12.2. The van der Waals surface area contributed by atoms with Gasteiger partial charge in [0.1, 0.15) is 17.5 Å². The summed E-state index contributed by atoms with van der Waals surface area (Å²) in [5, 5.41) is 0. The largest absolute Gasteiger partial charge is 0.444 e. The minimum atomic E-state index is -0.495. The van der Waals surface area contributed by atoms with Gasteiger partial charge in [-0.1, -0.05) is 13.8 Å². The van der Waals surface area contributed by atoms with Crippen LogP contribution in [0.5, 0.6) is 0 Å². The van der Waals surface area contributed by atoms with Crippen LogP contribution in [0, 0.1) is 0 Å². The summed E-state index contributed by atoms with van der Waals surface area (Å²) in [6.07, 6.45) is 1.20. The zero-order valence-corrected chi connectivity index (χ0v) is 14.0. The van der Waals surface area contributed by atoms with Crippen molar-refractivity contribution >= 4 is 6.09 Å². The maximum Gasteiger partial charge on any atom is 0.410 e. The zero-order valence-electron chi connectivity index (χ0n) is 14.0. The van der Waals surface area contributed by atoms with Crippen LogP contribution < -0.4 is 0 Å². The molecule has 1 saturated heterocycles. The van der Waals surface area contributed by atoms with Gasteiger partial charge in [-0.05, 0) is 26.8 Å². The molecule has 0 radical (unpaired) electrons. The molecule has 6 heteroatoms. The minimum absolute atomic E-state index is 0.234. The van der Waals surface area contributed by atoms with Crippen LogP contribution in [0.15, 0.2) is 12.3 Å². The van der Waals surface area contributed by atoms with Crippen molar-refractivity contribution in [3.63, 3.8) is 0 Å². The molecule has 0 saturated carbocycles. The number of ether oxygens (including phenoxy) is 2. The second kappa shape index (κ2) is 6.60. The summed E-state index contributed by atoms with van der Waals surface area (Å²) in [7, 11) is 0. The minimum Gasteiger partial charge on any atom is -0.444 e. The third-order valence-corrected chi connectivity index (χ3v) is 3.26. The molecule has 1 aromatic heterocycles. The van der Waals surface area contributed by atoms with Crippen LogP contribution in [0.2, 0.25) is 0 Å². The number of rotatable bonds is 2. The van der Waals surface area contributed by atoms with Gasteiger partial charge in [-0.25, -0.2) is 14.8 Å². The summed E-state index contributed by atoms with van der Waals surface area (Å²) in [6.45, 7) is 11.1. The van der Waals surface area contributed by atoms with E-state index in [1.165, 1.54) is 0 Å². The number of hydrogen-bond acceptors (Lipinski definition) is 5. The lowest BCUT2D eigenvalue weighted by Crippen LogP contribution is -2.44. The second-order valence-electron chi connectivity index (χ2n) is 6.78. The van der Waals surface area contributed by atoms with Crippen molar-refractivity contribution in [2.24, 2.45) is 0 Å². The standard InChI is InChI=1S/C16H25N3O3/c1-11(2)14-17-7-6-12(18-14)13-10-19(8-9-21-13)15(20)22-16(3,4)5/h6-7,11,13H,8-10H2,1-5H3. The van der Waals surface area contributed by atoms with Gasteiger partial charge >= 0.3 is 6.09 Å². The van der Waals surface area contributed by atoms with Gasteiger partial charge in [0.2, 0.25) is 0 Å². The molecule has 0 spiro atoms. The molecule has 1 unspecified atom stereocenters. The number of morpholine rings is 1. The van der Waals surface area contributed by atoms with E-state index in [-0.39, 0.29) is 18.1 Å². The fourth-order valence-corrected chi connectivity index (χ4v) is 2.17. The fraction of sp³-hybridized carbons (Fsp3) is 0.688. The maximum absolute atomic E-state index is 12.2. The Bertz CT molecular complexity index is 526. The molecule has 0 aromatic carbocycles. The lowest BCUT2D eigenvalue weighted by Gasteiger charge is -2.34. The molecule has 0 N–H and O–H groups in total. The van der Waals surface area contributed by atoms with E-state index >= 15 is 0 Å². The molecule has 2 rings (SSSR count). The number of carbonyl (C=O) groups excluding carboxylic acids is 1. The highest BCUT2D eigenvalue weighted by molar-refractivity contribution is 5.68. The van der Waals surface area contributed by atoms with Crippen LogP contribution in [-0.2, 0) is 9.47 Å². The van der Waals surface area contributed by atoms with E-state index in [1.54, 1.807) is 11.1 Å². The summed E-state index contributed by atoms with van der Waals surface area (Å²) < 4.78 is 11.2. The van der Waals surface area contributed by atoms with Gasteiger partial charge < -0.3 is 14.4 Å². The Hall–Kier alpha value is -1.69. The average Bonchev–Trinajstić information content (AvgIpc) is 2.46. The lowest BCUT2D eigenvalue weighted by molar-refractivity contribution is -0.0448. The smallest absolute Gasteiger partial charge is 0.410 e. The molecule has 1 atom stereocenters. The molecule has 1 aliphatic heterocycles. The van der Waals surface area contributed by atoms with Crippen molar-refractivity contribution in [1.29, 1.82) is 0 Å². The van der Waals surface area contributed by atoms with Crippen LogP contribution in [0.4, 0.5) is 4.79 Å². The molecular formula is C16H25N3O3. The van der Waals surface area contributed by atoms with E-state index < -0.39 is 5.60 Å². The summed E-state index contributed by atoms with van der Waals surface area (Å²) >= 11 is 0. The Morgan fingerprint density at radius 2 is 2.18 bits per heavy atom. The predicted octanol–water partition coefficient (Wildman–Crippen LogP) is 2.91. The van der Waals surface area contributed by atoms with Crippen molar-refractivity contribution in [2.75, 3.05) is 19.7 Å². The van der Waals surface area contributed by atoms with Gasteiger partial charge in [0.05, 0.1) is 18.8 Å². The Morgan fingerprint density at radius 3 is 2.82 bits per heavy atom. The lowest BCUT2D eigenvalue weighted by atomic mass is 10.1. The molecule has 0 aliphatic carbocycles. The molecule has 0 bridgehead atoms. The molecular weight excluding hydrogens is 282 g/mol. The number of aromatic nitrogens is 2. The molecule has 1 aliphatic rings. The predicted molar refractivity (Wildman–Crippen MR) is 82.6 cm³/mol. The van der Waals surface area contributed by atoms with Crippen molar-refractivity contribution in [3.8, 4) is 0 Å². The molecule has 1 fully saturated rings. The Labute approximate surface area is 131 Å². The van der Waals surface area contributed by atoms with Crippen LogP contribution in [-0.4, -0.2) is 46.3 Å². The molecule has 22 heavy (non-hydrogen) atoms. The van der Waals surface area contributed by atoms with Gasteiger partial charge in [-0.3, -0.25) is 0 Å². The van der Waals surface area contributed by atoms with E-state index in [4.69, 9.17) is 9.47 Å². The molecule has 1 amide bonds. The summed E-state index contributed by atoms with van der Waals surface area (Å²) in [5.74, 6) is 1.04. The highest BCUT2D eigenvalue weighted by atomic mass is 16.6. The van der Waals surface area contributed by atoms with Crippen LogP contribution in [0.25, 0.3) is 0 Å². The van der Waals surface area contributed by atoms with Gasteiger partial charge in [-0.2, -0.15) is 0 Å². The van der Waals surface area contributed by atoms with Crippen molar-refractivity contribution < 1.29 is 14.3 Å². The number of nitrogens with zero attached hydrogens (tertiary/aromatic N) is 3. The first-order chi connectivity index (χ1) is 10.3. The normalized spacial score (nSPS) is 19.4. The van der Waals surface area contributed by atoms with Gasteiger partial charge in [0.15, 0.2) is 0 Å². The van der Waals surface area contributed by atoms with Crippen LogP contribution >= 0.6 is 0 Å². The first-order valence-corrected chi connectivity index (χ1v) is 7.68. The third-order valence-electron chi connectivity index (χ3n) is 3.26. The summed E-state index contributed by atoms with van der Waals surface area (Å²) in [6, 6.07) is 1.84. The van der Waals surface area contributed by atoms with Crippen molar-refractivity contribution in [2.45, 2.75) is 52.2 Å². The van der Waals surface area contributed by atoms with E-state index in [9.17, 15) is 4.79 Å². The topological polar surface area (TPSA) is 64.6 Å². The van der Waals surface area contributed by atoms with E-state index in [0.29, 0.717) is 19.7 Å². The molecule has 6 nitrogen and oxygen atoms in total. The van der Waals surface area contributed by atoms with Crippen molar-refractivity contribution in [1.82, 2.24) is 14.9 Å². The van der Waals surface area contributed by atoms with E-state index in [2.05, 4.69) is 9.97 Å². The van der Waals surface area contributed by atoms with Gasteiger partial charge in [0, 0.05) is 18.7 Å². The van der Waals surface area contributed by atoms with Crippen LogP contribution in [0.3, 0.4) is 0 Å². The SMILES string of the molecule is CC(C)c1nccc(C2CN(C(=O)OC(C)(C)C)CCO2)n1. The van der Waals surface area contributed by atoms with Crippen LogP contribution in [0.1, 0.15) is 58.2 Å². The average molecular weight is 307 g/mol. The highest BCUT2D eigenvalue weighted by Crippen LogP contribution is 2.23. The number of hydrogen-bond donors (Lipinski definition) is 0. The quantitative estimate of drug-likeness (QED) is 0.840. The van der Waals surface area contributed by atoms with Gasteiger partial charge in [0.25, 0.3) is 0 Å². The Morgan fingerprint density at radius 1 is 1.45 bits per heavy atom. The van der Waals surface area contributed by atoms with E-state index in [0.717, 1.165) is 11.5 Å². The first kappa shape index (κ1) is 16.7. The second-order valence-corrected chi connectivity index (χ2v) is 6.78. The van der Waals surface area contributed by atoms with Gasteiger partial charge in [-0.15, -0.1) is 0 Å². The molecule has 2 heterocycles. The Kier molecular flexibility index (Phi) is 5.01.